The van der Waals surface area contributed by atoms with Crippen molar-refractivity contribution in [2.45, 2.75) is 32.9 Å². The first-order valence-corrected chi connectivity index (χ1v) is 9.41. The zero-order valence-electron chi connectivity index (χ0n) is 14.8. The van der Waals surface area contributed by atoms with Crippen molar-refractivity contribution in [1.29, 1.82) is 0 Å². The molecule has 0 aliphatic carbocycles. The van der Waals surface area contributed by atoms with E-state index in [-0.39, 0.29) is 6.04 Å². The van der Waals surface area contributed by atoms with Gasteiger partial charge in [-0.15, -0.1) is 11.3 Å². The average Bonchev–Trinajstić information content (AvgIpc) is 3.23. The van der Waals surface area contributed by atoms with Crippen molar-refractivity contribution in [1.82, 2.24) is 9.78 Å². The molecule has 0 saturated carbocycles. The molecule has 26 heavy (non-hydrogen) atoms. The highest BCUT2D eigenvalue weighted by Gasteiger charge is 2.14. The molecular weight excluding hydrogens is 354 g/mol. The molecule has 0 bridgehead atoms. The van der Waals surface area contributed by atoms with Crippen molar-refractivity contribution in [2.75, 3.05) is 11.9 Å². The van der Waals surface area contributed by atoms with Gasteiger partial charge in [0.25, 0.3) is 0 Å². The molecule has 0 spiro atoms. The molecule has 4 nitrogen and oxygen atoms in total. The second kappa shape index (κ2) is 7.97. The van der Waals surface area contributed by atoms with Gasteiger partial charge in [-0.3, -0.25) is 4.68 Å². The highest BCUT2D eigenvalue weighted by molar-refractivity contribution is 7.14. The van der Waals surface area contributed by atoms with Crippen molar-refractivity contribution < 1.29 is 8.78 Å². The predicted molar refractivity (Wildman–Crippen MR) is 102 cm³/mol. The maximum atomic E-state index is 13.4. The van der Waals surface area contributed by atoms with Crippen LogP contribution in [0.1, 0.15) is 18.1 Å². The molecule has 2 heterocycles. The lowest BCUT2D eigenvalue weighted by atomic mass is 10.1. The Morgan fingerprint density at radius 2 is 2.08 bits per heavy atom. The van der Waals surface area contributed by atoms with Gasteiger partial charge in [-0.1, -0.05) is 6.07 Å². The second-order valence-corrected chi connectivity index (χ2v) is 7.13. The predicted octanol–water partition coefficient (Wildman–Crippen LogP) is 4.20. The van der Waals surface area contributed by atoms with Crippen LogP contribution in [-0.4, -0.2) is 22.4 Å². The van der Waals surface area contributed by atoms with Crippen LogP contribution in [0.3, 0.4) is 0 Å². The van der Waals surface area contributed by atoms with Crippen LogP contribution in [0, 0.1) is 18.6 Å². The van der Waals surface area contributed by atoms with Crippen LogP contribution in [0.2, 0.25) is 0 Å². The summed E-state index contributed by atoms with van der Waals surface area (Å²) in [5.41, 5.74) is 9.93. The summed E-state index contributed by atoms with van der Waals surface area (Å²) in [6.45, 7) is 5.31. The van der Waals surface area contributed by atoms with E-state index in [2.05, 4.69) is 28.8 Å². The Labute approximate surface area is 155 Å². The van der Waals surface area contributed by atoms with E-state index < -0.39 is 11.6 Å². The lowest BCUT2D eigenvalue weighted by Gasteiger charge is -2.17. The molecule has 1 aromatic carbocycles. The number of benzene rings is 1. The lowest BCUT2D eigenvalue weighted by molar-refractivity contribution is 0.506. The Bertz CT molecular complexity index is 888. The average molecular weight is 376 g/mol. The molecule has 0 fully saturated rings. The van der Waals surface area contributed by atoms with Crippen LogP contribution < -0.4 is 11.1 Å². The van der Waals surface area contributed by atoms with Gasteiger partial charge in [0.15, 0.2) is 11.6 Å². The number of nitrogens with zero attached hydrogens (tertiary/aromatic N) is 2. The fourth-order valence-electron chi connectivity index (χ4n) is 2.98. The summed E-state index contributed by atoms with van der Waals surface area (Å²) in [6, 6.07) is 5.97. The standard InChI is InChI=1S/C19H22F2N4S/c1-3-25-19(12(2)10-23-25)14-8-18(26-11-14)24-15(9-22)6-13-4-5-16(20)17(21)7-13/h4-5,7-8,10-11,15,24H,3,6,9,22H2,1-2H3/t15-/m0/s1. The summed E-state index contributed by atoms with van der Waals surface area (Å²) >= 11 is 1.59. The van der Waals surface area contributed by atoms with E-state index in [4.69, 9.17) is 5.73 Å². The minimum absolute atomic E-state index is 0.0662. The number of rotatable bonds is 7. The molecule has 0 aliphatic rings. The molecule has 3 aromatic rings. The van der Waals surface area contributed by atoms with E-state index in [9.17, 15) is 8.78 Å². The first-order valence-electron chi connectivity index (χ1n) is 8.53. The Morgan fingerprint density at radius 3 is 2.77 bits per heavy atom. The quantitative estimate of drug-likeness (QED) is 0.650. The van der Waals surface area contributed by atoms with E-state index in [0.29, 0.717) is 18.5 Å². The third-order valence-electron chi connectivity index (χ3n) is 4.29. The Balaban J connectivity index is 1.74. The normalized spacial score (nSPS) is 12.3. The molecule has 0 unspecified atom stereocenters. The topological polar surface area (TPSA) is 55.9 Å². The largest absolute Gasteiger partial charge is 0.373 e. The molecule has 7 heteroatoms. The van der Waals surface area contributed by atoms with Gasteiger partial charge in [0, 0.05) is 30.1 Å². The van der Waals surface area contributed by atoms with Crippen molar-refractivity contribution in [3.63, 3.8) is 0 Å². The minimum Gasteiger partial charge on any atom is -0.373 e. The minimum atomic E-state index is -0.836. The van der Waals surface area contributed by atoms with E-state index in [1.807, 2.05) is 17.8 Å². The van der Waals surface area contributed by atoms with Crippen LogP contribution in [0.4, 0.5) is 13.8 Å². The van der Waals surface area contributed by atoms with Crippen LogP contribution in [0.15, 0.2) is 35.8 Å². The Hall–Kier alpha value is -2.25. The summed E-state index contributed by atoms with van der Waals surface area (Å²) in [5.74, 6) is -1.67. The molecule has 138 valence electrons. The van der Waals surface area contributed by atoms with E-state index >= 15 is 0 Å². The zero-order chi connectivity index (χ0) is 18.7. The van der Waals surface area contributed by atoms with Crippen molar-refractivity contribution in [2.24, 2.45) is 5.73 Å². The fourth-order valence-corrected chi connectivity index (χ4v) is 3.84. The molecule has 3 rings (SSSR count). The molecular formula is C19H22F2N4S. The van der Waals surface area contributed by atoms with Crippen LogP contribution in [-0.2, 0) is 13.0 Å². The van der Waals surface area contributed by atoms with Gasteiger partial charge >= 0.3 is 0 Å². The number of hydrogen-bond acceptors (Lipinski definition) is 4. The molecule has 0 aliphatic heterocycles. The summed E-state index contributed by atoms with van der Waals surface area (Å²) < 4.78 is 28.4. The third-order valence-corrected chi connectivity index (χ3v) is 5.15. The van der Waals surface area contributed by atoms with Crippen molar-refractivity contribution in [3.8, 4) is 11.3 Å². The maximum Gasteiger partial charge on any atom is 0.159 e. The van der Waals surface area contributed by atoms with Gasteiger partial charge in [0.2, 0.25) is 0 Å². The van der Waals surface area contributed by atoms with Crippen LogP contribution in [0.25, 0.3) is 11.3 Å². The summed E-state index contributed by atoms with van der Waals surface area (Å²) in [5, 5.41) is 10.9. The highest BCUT2D eigenvalue weighted by Crippen LogP contribution is 2.31. The van der Waals surface area contributed by atoms with Gasteiger partial charge in [-0.25, -0.2) is 8.78 Å². The number of nitrogens with one attached hydrogen (secondary N) is 1. The molecule has 1 atom stereocenters. The molecule has 2 aromatic heterocycles. The summed E-state index contributed by atoms with van der Waals surface area (Å²) in [7, 11) is 0. The van der Waals surface area contributed by atoms with E-state index in [1.165, 1.54) is 6.07 Å². The number of thiophene rings is 1. The number of hydrogen-bond donors (Lipinski definition) is 2. The number of halogens is 2. The summed E-state index contributed by atoms with van der Waals surface area (Å²) in [4.78, 5) is 0. The van der Waals surface area contributed by atoms with Crippen molar-refractivity contribution >= 4 is 16.3 Å². The fraction of sp³-hybridized carbons (Fsp3) is 0.316. The molecule has 3 N–H and O–H groups in total. The zero-order valence-corrected chi connectivity index (χ0v) is 15.6. The monoisotopic (exact) mass is 376 g/mol. The number of nitrogens with two attached hydrogens (primary N) is 1. The first-order chi connectivity index (χ1) is 12.5. The number of aryl methyl sites for hydroxylation is 2. The second-order valence-electron chi connectivity index (χ2n) is 6.22. The van der Waals surface area contributed by atoms with Gasteiger partial charge < -0.3 is 11.1 Å². The maximum absolute atomic E-state index is 13.4. The molecule has 0 radical (unpaired) electrons. The first kappa shape index (κ1) is 18.5. The summed E-state index contributed by atoms with van der Waals surface area (Å²) in [6.07, 6.45) is 2.39. The SMILES string of the molecule is CCn1ncc(C)c1-c1csc(N[C@H](CN)Cc2ccc(F)c(F)c2)c1. The van der Waals surface area contributed by atoms with E-state index in [0.717, 1.165) is 34.4 Å². The molecule has 0 saturated heterocycles. The van der Waals surface area contributed by atoms with Crippen molar-refractivity contribution in [3.05, 3.63) is 58.6 Å². The molecule has 0 amide bonds. The highest BCUT2D eigenvalue weighted by atomic mass is 32.1. The van der Waals surface area contributed by atoms with E-state index in [1.54, 1.807) is 17.4 Å². The van der Waals surface area contributed by atoms with Crippen LogP contribution >= 0.6 is 11.3 Å². The van der Waals surface area contributed by atoms with Gasteiger partial charge in [0.1, 0.15) is 0 Å². The van der Waals surface area contributed by atoms with Gasteiger partial charge in [0.05, 0.1) is 16.9 Å². The van der Waals surface area contributed by atoms with Gasteiger partial charge in [-0.2, -0.15) is 5.10 Å². The van der Waals surface area contributed by atoms with Gasteiger partial charge in [-0.05, 0) is 49.6 Å². The van der Waals surface area contributed by atoms with Crippen LogP contribution in [0.5, 0.6) is 0 Å². The number of anilines is 1. The Morgan fingerprint density at radius 1 is 1.27 bits per heavy atom. The third kappa shape index (κ3) is 3.94. The number of aromatic nitrogens is 2. The Kier molecular flexibility index (Phi) is 5.68. The lowest BCUT2D eigenvalue weighted by Crippen LogP contribution is -2.30. The smallest absolute Gasteiger partial charge is 0.159 e.